The maximum absolute atomic E-state index is 13.7. The van der Waals surface area contributed by atoms with Gasteiger partial charge in [-0.15, -0.1) is 0 Å². The first-order valence-electron chi connectivity index (χ1n) is 12.5. The van der Waals surface area contributed by atoms with Gasteiger partial charge in [0.25, 0.3) is 0 Å². The van der Waals surface area contributed by atoms with E-state index < -0.39 is 39.1 Å². The molecule has 1 aliphatic heterocycles. The SMILES string of the molecule is CC(C)(C)OC(=O)c1c(S(=O)(=O)c2ccccc2)[nH]c2cccc(OC(C(=O)OC(C)(C)C)C3CNC3)c12. The lowest BCUT2D eigenvalue weighted by molar-refractivity contribution is -0.167. The second-order valence-electron chi connectivity index (χ2n) is 11.3. The van der Waals surface area contributed by atoms with Crippen LogP contribution in [0.3, 0.4) is 0 Å². The van der Waals surface area contributed by atoms with E-state index in [9.17, 15) is 18.0 Å². The molecule has 0 bridgehead atoms. The van der Waals surface area contributed by atoms with E-state index in [1.54, 1.807) is 77.9 Å². The third-order valence-corrected chi connectivity index (χ3v) is 7.55. The topological polar surface area (TPSA) is 124 Å². The molecule has 0 spiro atoms. The molecule has 10 heteroatoms. The fraction of sp³-hybridized carbons (Fsp3) is 0.429. The predicted molar refractivity (Wildman–Crippen MR) is 142 cm³/mol. The third-order valence-electron chi connectivity index (χ3n) is 5.81. The number of aromatic nitrogens is 1. The van der Waals surface area contributed by atoms with Crippen molar-refractivity contribution >= 4 is 32.7 Å². The standard InChI is InChI=1S/C28H34N2O7S/c1-27(2,3)36-25(31)22-21-19(30-24(22)38(33,34)18-11-8-7-9-12-18)13-10-14-20(21)35-23(17-15-29-16-17)26(32)37-28(4,5)6/h7-14,17,23,29-30H,15-16H2,1-6H3. The van der Waals surface area contributed by atoms with Crippen molar-refractivity contribution in [2.45, 2.75) is 68.8 Å². The van der Waals surface area contributed by atoms with Gasteiger partial charge in [0.1, 0.15) is 22.5 Å². The van der Waals surface area contributed by atoms with Gasteiger partial charge in [-0.25, -0.2) is 18.0 Å². The Morgan fingerprint density at radius 2 is 1.53 bits per heavy atom. The van der Waals surface area contributed by atoms with Gasteiger partial charge >= 0.3 is 11.9 Å². The molecule has 204 valence electrons. The molecule has 0 radical (unpaired) electrons. The van der Waals surface area contributed by atoms with Gasteiger partial charge < -0.3 is 24.5 Å². The van der Waals surface area contributed by atoms with Crippen molar-refractivity contribution in [3.63, 3.8) is 0 Å². The minimum atomic E-state index is -4.14. The molecule has 1 atom stereocenters. The van der Waals surface area contributed by atoms with E-state index in [1.165, 1.54) is 12.1 Å². The van der Waals surface area contributed by atoms with E-state index in [1.807, 2.05) is 0 Å². The minimum Gasteiger partial charge on any atom is -0.478 e. The van der Waals surface area contributed by atoms with Crippen LogP contribution in [-0.2, 0) is 24.1 Å². The number of ether oxygens (including phenoxy) is 3. The van der Waals surface area contributed by atoms with Crippen LogP contribution in [0.5, 0.6) is 5.75 Å². The van der Waals surface area contributed by atoms with Crippen LogP contribution >= 0.6 is 0 Å². The minimum absolute atomic E-state index is 0.0195. The fourth-order valence-electron chi connectivity index (χ4n) is 4.09. The number of carbonyl (C=O) groups excluding carboxylic acids is 2. The van der Waals surface area contributed by atoms with Gasteiger partial charge in [-0.2, -0.15) is 0 Å². The monoisotopic (exact) mass is 542 g/mol. The normalized spacial score (nSPS) is 15.5. The van der Waals surface area contributed by atoms with Gasteiger partial charge in [0, 0.05) is 19.0 Å². The summed E-state index contributed by atoms with van der Waals surface area (Å²) in [5.41, 5.74) is -1.44. The average molecular weight is 543 g/mol. The van der Waals surface area contributed by atoms with Crippen molar-refractivity contribution in [3.05, 3.63) is 54.1 Å². The number of H-pyrrole nitrogens is 1. The van der Waals surface area contributed by atoms with Crippen molar-refractivity contribution < 1.29 is 32.2 Å². The first kappa shape index (κ1) is 27.7. The Morgan fingerprint density at radius 1 is 0.895 bits per heavy atom. The number of nitrogens with one attached hydrogen (secondary N) is 2. The summed E-state index contributed by atoms with van der Waals surface area (Å²) in [4.78, 5) is 29.6. The van der Waals surface area contributed by atoms with Crippen LogP contribution in [0, 0.1) is 5.92 Å². The molecule has 0 saturated carbocycles. The Kier molecular flexibility index (Phi) is 7.33. The maximum Gasteiger partial charge on any atom is 0.348 e. The molecule has 2 aromatic carbocycles. The van der Waals surface area contributed by atoms with Crippen LogP contribution in [0.2, 0.25) is 0 Å². The lowest BCUT2D eigenvalue weighted by Crippen LogP contribution is -2.54. The van der Waals surface area contributed by atoms with Gasteiger partial charge in [-0.05, 0) is 65.8 Å². The molecule has 9 nitrogen and oxygen atoms in total. The predicted octanol–water partition coefficient (Wildman–Crippen LogP) is 4.26. The zero-order chi connectivity index (χ0) is 27.9. The molecule has 1 saturated heterocycles. The van der Waals surface area contributed by atoms with Crippen LogP contribution < -0.4 is 10.1 Å². The largest absolute Gasteiger partial charge is 0.478 e. The lowest BCUT2D eigenvalue weighted by Gasteiger charge is -2.35. The highest BCUT2D eigenvalue weighted by atomic mass is 32.2. The summed E-state index contributed by atoms with van der Waals surface area (Å²) in [5, 5.41) is 3.05. The van der Waals surface area contributed by atoms with Gasteiger partial charge in [0.2, 0.25) is 15.9 Å². The van der Waals surface area contributed by atoms with E-state index in [2.05, 4.69) is 10.3 Å². The van der Waals surface area contributed by atoms with Crippen LogP contribution in [0.25, 0.3) is 10.9 Å². The Hall–Kier alpha value is -3.37. The van der Waals surface area contributed by atoms with Crippen LogP contribution in [0.1, 0.15) is 51.9 Å². The van der Waals surface area contributed by atoms with Crippen LogP contribution in [0.4, 0.5) is 0 Å². The maximum atomic E-state index is 13.7. The molecule has 0 aliphatic carbocycles. The number of aromatic amines is 1. The van der Waals surface area contributed by atoms with Gasteiger partial charge in [0.05, 0.1) is 15.8 Å². The van der Waals surface area contributed by atoms with E-state index >= 15 is 0 Å². The van der Waals surface area contributed by atoms with Gasteiger partial charge in [0.15, 0.2) is 5.03 Å². The third kappa shape index (κ3) is 5.86. The highest BCUT2D eigenvalue weighted by molar-refractivity contribution is 7.91. The zero-order valence-electron chi connectivity index (χ0n) is 22.5. The molecule has 3 aromatic rings. The average Bonchev–Trinajstić information content (AvgIpc) is 3.17. The molecule has 2 heterocycles. The Bertz CT molecular complexity index is 1440. The highest BCUT2D eigenvalue weighted by Gasteiger charge is 2.39. The smallest absolute Gasteiger partial charge is 0.348 e. The Labute approximate surface area is 222 Å². The molecule has 0 amide bonds. The summed E-state index contributed by atoms with van der Waals surface area (Å²) in [5.74, 6) is -1.34. The summed E-state index contributed by atoms with van der Waals surface area (Å²) in [6.45, 7) is 11.5. The van der Waals surface area contributed by atoms with Crippen LogP contribution in [0.15, 0.2) is 58.5 Å². The molecule has 1 fully saturated rings. The molecular formula is C28H34N2O7S. The quantitative estimate of drug-likeness (QED) is 0.425. The van der Waals surface area contributed by atoms with E-state index in [4.69, 9.17) is 14.2 Å². The lowest BCUT2D eigenvalue weighted by atomic mass is 9.96. The number of esters is 2. The summed E-state index contributed by atoms with van der Waals surface area (Å²) in [6.07, 6.45) is -0.961. The van der Waals surface area contributed by atoms with Crippen molar-refractivity contribution in [2.24, 2.45) is 5.92 Å². The number of rotatable bonds is 7. The number of fused-ring (bicyclic) bond motifs is 1. The molecular weight excluding hydrogens is 508 g/mol. The van der Waals surface area contributed by atoms with Gasteiger partial charge in [-0.1, -0.05) is 24.3 Å². The molecule has 4 rings (SSSR count). The summed E-state index contributed by atoms with van der Waals surface area (Å²) >= 11 is 0. The number of hydrogen-bond donors (Lipinski definition) is 2. The summed E-state index contributed by atoms with van der Waals surface area (Å²) < 4.78 is 44.9. The second kappa shape index (κ2) is 10.1. The molecule has 38 heavy (non-hydrogen) atoms. The molecule has 1 unspecified atom stereocenters. The second-order valence-corrected chi connectivity index (χ2v) is 13.2. The number of hydrogen-bond acceptors (Lipinski definition) is 8. The fourth-order valence-corrected chi connectivity index (χ4v) is 5.54. The number of carbonyl (C=O) groups is 2. The van der Waals surface area contributed by atoms with Crippen molar-refractivity contribution in [3.8, 4) is 5.75 Å². The summed E-state index contributed by atoms with van der Waals surface area (Å²) in [6, 6.07) is 12.7. The van der Waals surface area contributed by atoms with Crippen molar-refractivity contribution in [1.82, 2.24) is 10.3 Å². The number of benzene rings is 2. The Balaban J connectivity index is 1.89. The zero-order valence-corrected chi connectivity index (χ0v) is 23.3. The van der Waals surface area contributed by atoms with Crippen molar-refractivity contribution in [2.75, 3.05) is 13.1 Å². The van der Waals surface area contributed by atoms with E-state index in [0.29, 0.717) is 18.6 Å². The highest BCUT2D eigenvalue weighted by Crippen LogP contribution is 2.38. The van der Waals surface area contributed by atoms with Crippen molar-refractivity contribution in [1.29, 1.82) is 0 Å². The van der Waals surface area contributed by atoms with E-state index in [-0.39, 0.29) is 32.5 Å². The Morgan fingerprint density at radius 3 is 2.08 bits per heavy atom. The first-order valence-corrected chi connectivity index (χ1v) is 13.9. The summed E-state index contributed by atoms with van der Waals surface area (Å²) in [7, 11) is -4.14. The number of sulfone groups is 1. The first-order chi connectivity index (χ1) is 17.7. The molecule has 2 N–H and O–H groups in total. The van der Waals surface area contributed by atoms with E-state index in [0.717, 1.165) is 0 Å². The molecule has 1 aliphatic rings. The van der Waals surface area contributed by atoms with Gasteiger partial charge in [-0.3, -0.25) is 0 Å². The molecule has 1 aromatic heterocycles. The van der Waals surface area contributed by atoms with Crippen LogP contribution in [-0.4, -0.2) is 55.7 Å².